The summed E-state index contributed by atoms with van der Waals surface area (Å²) in [5.74, 6) is -0.585. The molecule has 0 saturated heterocycles. The van der Waals surface area contributed by atoms with Crippen molar-refractivity contribution in [3.05, 3.63) is 58.9 Å². The molecule has 5 nitrogen and oxygen atoms in total. The van der Waals surface area contributed by atoms with Gasteiger partial charge >= 0.3 is 0 Å². The lowest BCUT2D eigenvalue weighted by Crippen LogP contribution is -2.64. The van der Waals surface area contributed by atoms with Gasteiger partial charge < -0.3 is 14.8 Å². The molecule has 1 fully saturated rings. The summed E-state index contributed by atoms with van der Waals surface area (Å²) in [6.07, 6.45) is 7.90. The van der Waals surface area contributed by atoms with Crippen molar-refractivity contribution in [3.8, 4) is 0 Å². The van der Waals surface area contributed by atoms with E-state index >= 15 is 0 Å². The molecule has 1 aliphatic carbocycles. The zero-order valence-corrected chi connectivity index (χ0v) is 19.8. The van der Waals surface area contributed by atoms with E-state index in [1.807, 2.05) is 29.0 Å². The van der Waals surface area contributed by atoms with Gasteiger partial charge in [0.1, 0.15) is 17.1 Å². The standard InChI is InChI=1S/C26H30FN3O2S/c1-26(25(32)28-20-7-5-3-2-4-6-8-20)17-29-21-13-14-33-23(21)15-22(29)24(31)30(26)16-18-9-11-19(27)12-10-18/h9-15,20H,2-8,16-17H2,1H3,(H,28,32)/t26-/m1/s1. The van der Waals surface area contributed by atoms with Crippen molar-refractivity contribution >= 4 is 33.4 Å². The number of halogens is 1. The molecular weight excluding hydrogens is 437 g/mol. The summed E-state index contributed by atoms with van der Waals surface area (Å²) in [5.41, 5.74) is 1.36. The van der Waals surface area contributed by atoms with Crippen LogP contribution in [-0.4, -0.2) is 32.9 Å². The SMILES string of the molecule is C[C@]1(C(=O)NC2CCCCCCC2)Cn2c(cc3sccc32)C(=O)N1Cc1ccc(F)cc1. The summed E-state index contributed by atoms with van der Waals surface area (Å²) in [6.45, 7) is 2.52. The molecule has 2 amide bonds. The molecule has 174 valence electrons. The number of benzene rings is 1. The largest absolute Gasteiger partial charge is 0.351 e. The van der Waals surface area contributed by atoms with Crippen molar-refractivity contribution in [2.75, 3.05) is 0 Å². The number of fused-ring (bicyclic) bond motifs is 3. The van der Waals surface area contributed by atoms with Gasteiger partial charge in [-0.1, -0.05) is 44.2 Å². The van der Waals surface area contributed by atoms with Crippen molar-refractivity contribution in [2.24, 2.45) is 0 Å². The molecule has 0 bridgehead atoms. The molecule has 3 aromatic rings. The third-order valence-corrected chi connectivity index (χ3v) is 8.09. The molecule has 33 heavy (non-hydrogen) atoms. The maximum absolute atomic E-state index is 13.8. The summed E-state index contributed by atoms with van der Waals surface area (Å²) in [4.78, 5) is 29.2. The lowest BCUT2D eigenvalue weighted by atomic mass is 9.91. The Morgan fingerprint density at radius 3 is 2.55 bits per heavy atom. The minimum atomic E-state index is -1.05. The van der Waals surface area contributed by atoms with E-state index in [1.165, 1.54) is 31.4 Å². The van der Waals surface area contributed by atoms with Crippen LogP contribution in [0.15, 0.2) is 41.8 Å². The Morgan fingerprint density at radius 1 is 1.12 bits per heavy atom. The van der Waals surface area contributed by atoms with Gasteiger partial charge in [0.25, 0.3) is 5.91 Å². The Hall–Kier alpha value is -2.67. The number of amides is 2. The Kier molecular flexibility index (Phi) is 5.99. The number of nitrogens with zero attached hydrogens (tertiary/aromatic N) is 2. The first-order valence-corrected chi connectivity index (χ1v) is 12.8. The van der Waals surface area contributed by atoms with Crippen LogP contribution in [-0.2, 0) is 17.9 Å². The molecule has 5 rings (SSSR count). The Balaban J connectivity index is 1.49. The molecule has 0 radical (unpaired) electrons. The van der Waals surface area contributed by atoms with Crippen LogP contribution in [0.3, 0.4) is 0 Å². The van der Waals surface area contributed by atoms with E-state index in [0.29, 0.717) is 12.2 Å². The highest BCUT2D eigenvalue weighted by atomic mass is 32.1. The van der Waals surface area contributed by atoms with Gasteiger partial charge in [-0.25, -0.2) is 4.39 Å². The summed E-state index contributed by atoms with van der Waals surface area (Å²) in [6, 6.07) is 10.2. The maximum atomic E-state index is 13.8. The first-order chi connectivity index (χ1) is 16.0. The van der Waals surface area contributed by atoms with E-state index < -0.39 is 5.54 Å². The minimum Gasteiger partial charge on any atom is -0.351 e. The zero-order valence-electron chi connectivity index (χ0n) is 19.0. The van der Waals surface area contributed by atoms with Crippen LogP contribution in [0, 0.1) is 5.82 Å². The fourth-order valence-electron chi connectivity index (χ4n) is 5.23. The second-order valence-electron chi connectivity index (χ2n) is 9.59. The van der Waals surface area contributed by atoms with Crippen LogP contribution in [0.4, 0.5) is 4.39 Å². The predicted molar refractivity (Wildman–Crippen MR) is 129 cm³/mol. The van der Waals surface area contributed by atoms with E-state index in [2.05, 4.69) is 5.32 Å². The molecule has 2 aliphatic rings. The van der Waals surface area contributed by atoms with Crippen LogP contribution in [0.2, 0.25) is 0 Å². The molecule has 1 aromatic carbocycles. The van der Waals surface area contributed by atoms with Gasteiger partial charge in [-0.05, 0) is 55.0 Å². The number of aromatic nitrogens is 1. The van der Waals surface area contributed by atoms with E-state index in [4.69, 9.17) is 0 Å². The number of hydrogen-bond donors (Lipinski definition) is 1. The van der Waals surface area contributed by atoms with E-state index in [0.717, 1.165) is 41.5 Å². The number of carbonyl (C=O) groups excluding carboxylic acids is 2. The highest BCUT2D eigenvalue weighted by molar-refractivity contribution is 7.17. The number of thiophene rings is 1. The number of hydrogen-bond acceptors (Lipinski definition) is 3. The highest BCUT2D eigenvalue weighted by Gasteiger charge is 2.48. The first-order valence-electron chi connectivity index (χ1n) is 11.9. The molecular formula is C26H30FN3O2S. The van der Waals surface area contributed by atoms with Gasteiger partial charge in [-0.15, -0.1) is 11.3 Å². The van der Waals surface area contributed by atoms with Crippen molar-refractivity contribution in [1.82, 2.24) is 14.8 Å². The summed E-state index contributed by atoms with van der Waals surface area (Å²) < 4.78 is 16.5. The molecule has 1 N–H and O–H groups in total. The average Bonchev–Trinajstić information content (AvgIpc) is 3.36. The monoisotopic (exact) mass is 467 g/mol. The summed E-state index contributed by atoms with van der Waals surface area (Å²) >= 11 is 1.60. The molecule has 1 aliphatic heterocycles. The molecule has 7 heteroatoms. The van der Waals surface area contributed by atoms with E-state index in [9.17, 15) is 14.0 Å². The summed E-state index contributed by atoms with van der Waals surface area (Å²) in [7, 11) is 0. The van der Waals surface area contributed by atoms with Crippen molar-refractivity contribution in [1.29, 1.82) is 0 Å². The lowest BCUT2D eigenvalue weighted by Gasteiger charge is -2.44. The van der Waals surface area contributed by atoms with Crippen molar-refractivity contribution < 1.29 is 14.0 Å². The lowest BCUT2D eigenvalue weighted by molar-refractivity contribution is -0.134. The van der Waals surface area contributed by atoms with Gasteiger partial charge in [-0.3, -0.25) is 9.59 Å². The average molecular weight is 468 g/mol. The molecule has 1 atom stereocenters. The van der Waals surface area contributed by atoms with Gasteiger partial charge in [0, 0.05) is 12.6 Å². The third-order valence-electron chi connectivity index (χ3n) is 7.23. The van der Waals surface area contributed by atoms with Crippen LogP contribution in [0.5, 0.6) is 0 Å². The fraction of sp³-hybridized carbons (Fsp3) is 0.462. The second-order valence-corrected chi connectivity index (χ2v) is 10.5. The topological polar surface area (TPSA) is 54.3 Å². The first kappa shape index (κ1) is 22.1. The van der Waals surface area contributed by atoms with Crippen LogP contribution >= 0.6 is 11.3 Å². The van der Waals surface area contributed by atoms with Crippen molar-refractivity contribution in [3.63, 3.8) is 0 Å². The molecule has 0 spiro atoms. The summed E-state index contributed by atoms with van der Waals surface area (Å²) in [5, 5.41) is 5.32. The maximum Gasteiger partial charge on any atom is 0.271 e. The Morgan fingerprint density at radius 2 is 1.82 bits per heavy atom. The fourth-order valence-corrected chi connectivity index (χ4v) is 6.06. The van der Waals surface area contributed by atoms with Crippen LogP contribution < -0.4 is 5.32 Å². The normalized spacial score (nSPS) is 22.1. The van der Waals surface area contributed by atoms with Gasteiger partial charge in [0.2, 0.25) is 5.91 Å². The molecule has 1 saturated carbocycles. The number of nitrogens with one attached hydrogen (secondary N) is 1. The smallest absolute Gasteiger partial charge is 0.271 e. The molecule has 3 heterocycles. The number of carbonyl (C=O) groups is 2. The molecule has 2 aromatic heterocycles. The van der Waals surface area contributed by atoms with Gasteiger partial charge in [0.15, 0.2) is 0 Å². The predicted octanol–water partition coefficient (Wildman–Crippen LogP) is 5.49. The highest BCUT2D eigenvalue weighted by Crippen LogP contribution is 2.35. The van der Waals surface area contributed by atoms with Crippen molar-refractivity contribution in [2.45, 2.75) is 76.5 Å². The quantitative estimate of drug-likeness (QED) is 0.552. The van der Waals surface area contributed by atoms with Gasteiger partial charge in [0.05, 0.1) is 16.8 Å². The third kappa shape index (κ3) is 4.19. The zero-order chi connectivity index (χ0) is 23.0. The second kappa shape index (κ2) is 8.93. The number of rotatable bonds is 4. The molecule has 0 unspecified atom stereocenters. The Bertz CT molecular complexity index is 1160. The minimum absolute atomic E-state index is 0.105. The van der Waals surface area contributed by atoms with Crippen LogP contribution in [0.1, 0.15) is 67.9 Å². The van der Waals surface area contributed by atoms with E-state index in [-0.39, 0.29) is 30.2 Å². The van der Waals surface area contributed by atoms with E-state index in [1.54, 1.807) is 28.4 Å². The Labute approximate surface area is 197 Å². The van der Waals surface area contributed by atoms with Crippen LogP contribution in [0.25, 0.3) is 10.2 Å². The van der Waals surface area contributed by atoms with Gasteiger partial charge in [-0.2, -0.15) is 0 Å².